The zero-order valence-electron chi connectivity index (χ0n) is 16.6. The van der Waals surface area contributed by atoms with E-state index in [-0.39, 0.29) is 0 Å². The number of piperazine rings is 1. The highest BCUT2D eigenvalue weighted by Gasteiger charge is 2.44. The first-order valence-electron chi connectivity index (χ1n) is 9.56. The van der Waals surface area contributed by atoms with Gasteiger partial charge in [-0.05, 0) is 36.4 Å². The molecule has 1 fully saturated rings. The smallest absolute Gasteiger partial charge is 0.426 e. The van der Waals surface area contributed by atoms with Gasteiger partial charge in [-0.2, -0.15) is 13.2 Å². The third-order valence-corrected chi connectivity index (χ3v) is 4.87. The Morgan fingerprint density at radius 3 is 2.23 bits per heavy atom. The number of amides is 1. The lowest BCUT2D eigenvalue weighted by Crippen LogP contribution is -2.52. The summed E-state index contributed by atoms with van der Waals surface area (Å²) in [5, 5.41) is 2.32. The molecule has 2 aromatic carbocycles. The lowest BCUT2D eigenvalue weighted by atomic mass is 10.2. The summed E-state index contributed by atoms with van der Waals surface area (Å²) < 4.78 is 50.1. The van der Waals surface area contributed by atoms with Crippen molar-refractivity contribution in [1.82, 2.24) is 4.90 Å². The monoisotopic (exact) mass is 423 g/mol. The van der Waals surface area contributed by atoms with Gasteiger partial charge in [-0.15, -0.1) is 0 Å². The maximum Gasteiger partial charge on any atom is 0.426 e. The number of rotatable bonds is 6. The highest BCUT2D eigenvalue weighted by molar-refractivity contribution is 5.84. The number of nitrogens with zero attached hydrogens (tertiary/aromatic N) is 2. The van der Waals surface area contributed by atoms with Crippen molar-refractivity contribution < 1.29 is 27.4 Å². The maximum absolute atomic E-state index is 13.5. The van der Waals surface area contributed by atoms with E-state index in [2.05, 4.69) is 10.2 Å². The molecule has 162 valence electrons. The van der Waals surface area contributed by atoms with Gasteiger partial charge in [0, 0.05) is 44.1 Å². The lowest BCUT2D eigenvalue weighted by molar-refractivity contribution is -0.206. The van der Waals surface area contributed by atoms with Crippen molar-refractivity contribution in [3.63, 3.8) is 0 Å². The zero-order chi connectivity index (χ0) is 21.6. The fourth-order valence-corrected chi connectivity index (χ4v) is 3.22. The Labute approximate surface area is 173 Å². The summed E-state index contributed by atoms with van der Waals surface area (Å²) in [6.07, 6.45) is -8.02. The molecule has 3 rings (SSSR count). The summed E-state index contributed by atoms with van der Waals surface area (Å²) in [6.45, 7) is 1.71. The van der Waals surface area contributed by atoms with E-state index in [0.29, 0.717) is 37.6 Å². The molecule has 1 aliphatic heterocycles. The first-order valence-corrected chi connectivity index (χ1v) is 9.56. The van der Waals surface area contributed by atoms with Gasteiger partial charge in [-0.1, -0.05) is 18.2 Å². The second kappa shape index (κ2) is 9.71. The molecule has 1 heterocycles. The SMILES string of the molecule is COc1ccc(NC(=O)O[C@H](CN2CCN(c3ccccc3)CC2)C(F)(F)F)cc1. The number of nitrogens with one attached hydrogen (secondary N) is 1. The third-order valence-electron chi connectivity index (χ3n) is 4.87. The van der Waals surface area contributed by atoms with Gasteiger partial charge in [0.2, 0.25) is 6.10 Å². The summed E-state index contributed by atoms with van der Waals surface area (Å²) in [7, 11) is 1.49. The largest absolute Gasteiger partial charge is 0.497 e. The van der Waals surface area contributed by atoms with Gasteiger partial charge in [-0.25, -0.2) is 4.79 Å². The van der Waals surface area contributed by atoms with E-state index in [1.54, 1.807) is 17.0 Å². The second-order valence-corrected chi connectivity index (χ2v) is 6.91. The van der Waals surface area contributed by atoms with E-state index in [1.807, 2.05) is 30.3 Å². The minimum absolute atomic E-state index is 0.318. The molecule has 0 aromatic heterocycles. The molecule has 30 heavy (non-hydrogen) atoms. The number of benzene rings is 2. The Hall–Kier alpha value is -2.94. The van der Waals surface area contributed by atoms with Crippen molar-refractivity contribution in [1.29, 1.82) is 0 Å². The van der Waals surface area contributed by atoms with Crippen molar-refractivity contribution in [2.75, 3.05) is 50.1 Å². The van der Waals surface area contributed by atoms with Crippen LogP contribution in [0.25, 0.3) is 0 Å². The average Bonchev–Trinajstić information content (AvgIpc) is 2.74. The van der Waals surface area contributed by atoms with Crippen LogP contribution in [0.4, 0.5) is 29.3 Å². The summed E-state index contributed by atoms with van der Waals surface area (Å²) >= 11 is 0. The van der Waals surface area contributed by atoms with E-state index in [9.17, 15) is 18.0 Å². The van der Waals surface area contributed by atoms with Crippen LogP contribution in [0.15, 0.2) is 54.6 Å². The van der Waals surface area contributed by atoms with E-state index in [4.69, 9.17) is 9.47 Å². The Balaban J connectivity index is 1.54. The predicted octanol–water partition coefficient (Wildman–Crippen LogP) is 4.00. The minimum Gasteiger partial charge on any atom is -0.497 e. The molecular formula is C21H24F3N3O3. The summed E-state index contributed by atoms with van der Waals surface area (Å²) in [5.41, 5.74) is 1.36. The number of hydrogen-bond donors (Lipinski definition) is 1. The van der Waals surface area contributed by atoms with Crippen LogP contribution in [-0.4, -0.2) is 63.1 Å². The van der Waals surface area contributed by atoms with Crippen LogP contribution >= 0.6 is 0 Å². The highest BCUT2D eigenvalue weighted by Crippen LogP contribution is 2.25. The molecule has 9 heteroatoms. The Morgan fingerprint density at radius 1 is 1.03 bits per heavy atom. The average molecular weight is 423 g/mol. The van der Waals surface area contributed by atoms with Crippen LogP contribution in [0.2, 0.25) is 0 Å². The molecule has 1 saturated heterocycles. The minimum atomic E-state index is -4.66. The van der Waals surface area contributed by atoms with Crippen LogP contribution < -0.4 is 15.0 Å². The number of anilines is 2. The molecule has 0 unspecified atom stereocenters. The molecule has 1 N–H and O–H groups in total. The molecule has 2 aromatic rings. The van der Waals surface area contributed by atoms with Crippen molar-refractivity contribution >= 4 is 17.5 Å². The number of para-hydroxylation sites is 1. The standard InChI is InChI=1S/C21H24F3N3O3/c1-29-18-9-7-16(8-10-18)25-20(28)30-19(21(22,23)24)15-26-11-13-27(14-12-26)17-5-3-2-4-6-17/h2-10,19H,11-15H2,1H3,(H,25,28)/t19-/m1/s1. The second-order valence-electron chi connectivity index (χ2n) is 6.91. The molecule has 0 saturated carbocycles. The van der Waals surface area contributed by atoms with Crippen molar-refractivity contribution in [3.8, 4) is 5.75 Å². The van der Waals surface area contributed by atoms with E-state index >= 15 is 0 Å². The predicted molar refractivity (Wildman–Crippen MR) is 108 cm³/mol. The molecule has 1 atom stereocenters. The van der Waals surface area contributed by atoms with Gasteiger partial charge < -0.3 is 14.4 Å². The molecule has 1 amide bonds. The quantitative estimate of drug-likeness (QED) is 0.761. The topological polar surface area (TPSA) is 54.0 Å². The number of methoxy groups -OCH3 is 1. The fraction of sp³-hybridized carbons (Fsp3) is 0.381. The molecule has 0 bridgehead atoms. The van der Waals surface area contributed by atoms with Crippen LogP contribution in [0.3, 0.4) is 0 Å². The van der Waals surface area contributed by atoms with Crippen LogP contribution in [-0.2, 0) is 4.74 Å². The zero-order valence-corrected chi connectivity index (χ0v) is 16.6. The van der Waals surface area contributed by atoms with Crippen LogP contribution in [0.1, 0.15) is 0 Å². The molecular weight excluding hydrogens is 399 g/mol. The number of carbonyl (C=O) groups excluding carboxylic acids is 1. The van der Waals surface area contributed by atoms with Crippen molar-refractivity contribution in [2.24, 2.45) is 0 Å². The summed E-state index contributed by atoms with van der Waals surface area (Å²) in [4.78, 5) is 15.8. The van der Waals surface area contributed by atoms with Crippen molar-refractivity contribution in [2.45, 2.75) is 12.3 Å². The lowest BCUT2D eigenvalue weighted by Gasteiger charge is -2.37. The van der Waals surface area contributed by atoms with Gasteiger partial charge in [-0.3, -0.25) is 10.2 Å². The van der Waals surface area contributed by atoms with Crippen LogP contribution in [0, 0.1) is 0 Å². The van der Waals surface area contributed by atoms with Crippen LogP contribution in [0.5, 0.6) is 5.75 Å². The Bertz CT molecular complexity index is 808. The number of alkyl halides is 3. The summed E-state index contributed by atoms with van der Waals surface area (Å²) in [5.74, 6) is 0.566. The first kappa shape index (κ1) is 21.8. The van der Waals surface area contributed by atoms with Crippen molar-refractivity contribution in [3.05, 3.63) is 54.6 Å². The number of ether oxygens (including phenoxy) is 2. The van der Waals surface area contributed by atoms with E-state index in [0.717, 1.165) is 5.69 Å². The number of halogens is 3. The van der Waals surface area contributed by atoms with E-state index < -0.39 is 24.9 Å². The molecule has 0 spiro atoms. The Morgan fingerprint density at radius 2 is 1.67 bits per heavy atom. The maximum atomic E-state index is 13.5. The summed E-state index contributed by atoms with van der Waals surface area (Å²) in [6, 6.07) is 15.9. The van der Waals surface area contributed by atoms with Gasteiger partial charge in [0.15, 0.2) is 0 Å². The molecule has 1 aliphatic rings. The molecule has 0 aliphatic carbocycles. The molecule has 6 nitrogen and oxygen atoms in total. The number of hydrogen-bond acceptors (Lipinski definition) is 5. The normalized spacial score (nSPS) is 16.1. The van der Waals surface area contributed by atoms with Gasteiger partial charge in [0.25, 0.3) is 0 Å². The third kappa shape index (κ3) is 6.03. The first-order chi connectivity index (χ1) is 14.3. The highest BCUT2D eigenvalue weighted by atomic mass is 19.4. The molecule has 0 radical (unpaired) electrons. The fourth-order valence-electron chi connectivity index (χ4n) is 3.22. The number of carbonyl (C=O) groups is 1. The van der Waals surface area contributed by atoms with Gasteiger partial charge >= 0.3 is 12.3 Å². The van der Waals surface area contributed by atoms with Gasteiger partial charge in [0.05, 0.1) is 7.11 Å². The van der Waals surface area contributed by atoms with Gasteiger partial charge in [0.1, 0.15) is 5.75 Å². The van der Waals surface area contributed by atoms with E-state index in [1.165, 1.54) is 19.2 Å². The Kier molecular flexibility index (Phi) is 7.04.